The topological polar surface area (TPSA) is 63.6 Å². The van der Waals surface area contributed by atoms with Gasteiger partial charge in [0.15, 0.2) is 0 Å². The lowest BCUT2D eigenvalue weighted by molar-refractivity contribution is -0.125. The van der Waals surface area contributed by atoms with Crippen LogP contribution in [-0.4, -0.2) is 36.5 Å². The average Bonchev–Trinajstić information content (AvgIpc) is 2.31. The normalized spacial score (nSPS) is 12.4. The van der Waals surface area contributed by atoms with E-state index in [4.69, 9.17) is 4.74 Å². The maximum absolute atomic E-state index is 11.4. The van der Waals surface area contributed by atoms with Crippen LogP contribution < -0.4 is 0 Å². The van der Waals surface area contributed by atoms with Crippen LogP contribution in [0.25, 0.3) is 0 Å². The molecule has 0 aromatic rings. The molecule has 1 atom stereocenters. The summed E-state index contributed by atoms with van der Waals surface area (Å²) in [6.45, 7) is 2.42. The van der Waals surface area contributed by atoms with Crippen molar-refractivity contribution in [2.45, 2.75) is 58.0 Å². The number of methoxy groups -OCH3 is 1. The van der Waals surface area contributed by atoms with Gasteiger partial charge in [0.05, 0.1) is 12.7 Å². The Morgan fingerprint density at radius 2 is 1.65 bits per heavy atom. The number of hydrogen-bond donors (Lipinski definition) is 1. The van der Waals surface area contributed by atoms with E-state index in [1.54, 1.807) is 7.11 Å². The van der Waals surface area contributed by atoms with Crippen molar-refractivity contribution in [3.05, 3.63) is 0 Å². The van der Waals surface area contributed by atoms with Gasteiger partial charge in [-0.2, -0.15) is 0 Å². The van der Waals surface area contributed by atoms with Crippen molar-refractivity contribution in [3.63, 3.8) is 0 Å². The molecule has 0 saturated carbocycles. The van der Waals surface area contributed by atoms with Crippen LogP contribution in [-0.2, 0) is 14.3 Å². The lowest BCUT2D eigenvalue weighted by atomic mass is 10.0. The zero-order valence-electron chi connectivity index (χ0n) is 10.9. The molecule has 0 spiro atoms. The second-order valence-electron chi connectivity index (χ2n) is 4.30. The lowest BCUT2D eigenvalue weighted by Crippen LogP contribution is -2.11. The molecule has 100 valence electrons. The Morgan fingerprint density at radius 1 is 1.06 bits per heavy atom. The number of Topliss-reactive ketones (excluding diaryl/α,β-unsaturated/α-hetero) is 2. The number of ether oxygens (including phenoxy) is 1. The van der Waals surface area contributed by atoms with Crippen molar-refractivity contribution < 1.29 is 19.4 Å². The Labute approximate surface area is 103 Å². The number of hydrogen-bond acceptors (Lipinski definition) is 4. The largest absolute Gasteiger partial charge is 0.393 e. The Kier molecular flexibility index (Phi) is 9.96. The van der Waals surface area contributed by atoms with Gasteiger partial charge in [-0.05, 0) is 12.8 Å². The van der Waals surface area contributed by atoms with Crippen molar-refractivity contribution in [1.29, 1.82) is 0 Å². The molecular weight excluding hydrogens is 220 g/mol. The number of carbonyl (C=O) groups is 2. The van der Waals surface area contributed by atoms with Crippen molar-refractivity contribution in [2.75, 3.05) is 13.7 Å². The molecule has 0 amide bonds. The summed E-state index contributed by atoms with van der Waals surface area (Å²) in [7, 11) is 1.55. The molecule has 0 aliphatic heterocycles. The van der Waals surface area contributed by atoms with Crippen molar-refractivity contribution in [1.82, 2.24) is 0 Å². The minimum absolute atomic E-state index is 0.0610. The van der Waals surface area contributed by atoms with Crippen LogP contribution in [0.4, 0.5) is 0 Å². The highest BCUT2D eigenvalue weighted by atomic mass is 16.5. The number of aliphatic hydroxyl groups is 1. The first-order chi connectivity index (χ1) is 8.10. The quantitative estimate of drug-likeness (QED) is 0.602. The number of aliphatic hydroxyl groups excluding tert-OH is 1. The van der Waals surface area contributed by atoms with E-state index in [0.717, 1.165) is 12.8 Å². The molecule has 0 bridgehead atoms. The third-order valence-electron chi connectivity index (χ3n) is 2.65. The fraction of sp³-hybridized carbons (Fsp3) is 0.846. The van der Waals surface area contributed by atoms with Gasteiger partial charge in [-0.1, -0.05) is 13.3 Å². The molecule has 0 saturated heterocycles. The summed E-state index contributed by atoms with van der Waals surface area (Å²) >= 11 is 0. The fourth-order valence-corrected chi connectivity index (χ4v) is 1.55. The molecule has 0 aromatic carbocycles. The molecule has 0 rings (SSSR count). The minimum atomic E-state index is -0.381. The molecule has 0 aliphatic rings. The summed E-state index contributed by atoms with van der Waals surface area (Å²) in [5.41, 5.74) is 0. The highest BCUT2D eigenvalue weighted by Crippen LogP contribution is 2.07. The molecular formula is C13H24O4. The predicted molar refractivity (Wildman–Crippen MR) is 65.9 cm³/mol. The number of rotatable bonds is 11. The van der Waals surface area contributed by atoms with Gasteiger partial charge in [-0.3, -0.25) is 9.59 Å². The number of ketones is 2. The third kappa shape index (κ3) is 10.1. The maximum atomic E-state index is 11.4. The van der Waals surface area contributed by atoms with E-state index in [2.05, 4.69) is 0 Å². The molecule has 17 heavy (non-hydrogen) atoms. The highest BCUT2D eigenvalue weighted by molar-refractivity contribution is 5.85. The molecule has 0 aromatic heterocycles. The van der Waals surface area contributed by atoms with Crippen LogP contribution in [0.5, 0.6) is 0 Å². The van der Waals surface area contributed by atoms with E-state index in [1.807, 2.05) is 6.92 Å². The Bertz CT molecular complexity index is 225. The average molecular weight is 244 g/mol. The molecule has 0 aliphatic carbocycles. The highest BCUT2D eigenvalue weighted by Gasteiger charge is 2.09. The number of carbonyl (C=O) groups excluding carboxylic acids is 2. The van der Waals surface area contributed by atoms with Crippen LogP contribution >= 0.6 is 0 Å². The zero-order valence-corrected chi connectivity index (χ0v) is 10.9. The van der Waals surface area contributed by atoms with E-state index in [9.17, 15) is 14.7 Å². The van der Waals surface area contributed by atoms with Gasteiger partial charge in [0.2, 0.25) is 0 Å². The molecule has 0 fully saturated rings. The predicted octanol–water partition coefficient (Wildman–Crippen LogP) is 1.88. The Balaban J connectivity index is 3.55. The van der Waals surface area contributed by atoms with E-state index in [1.165, 1.54) is 0 Å². The molecule has 0 heterocycles. The van der Waals surface area contributed by atoms with Crippen molar-refractivity contribution >= 4 is 11.6 Å². The van der Waals surface area contributed by atoms with Gasteiger partial charge in [-0.25, -0.2) is 0 Å². The van der Waals surface area contributed by atoms with E-state index in [0.29, 0.717) is 38.7 Å². The Hall–Kier alpha value is -0.740. The molecule has 1 N–H and O–H groups in total. The lowest BCUT2D eigenvalue weighted by Gasteiger charge is -2.07. The first kappa shape index (κ1) is 16.3. The fourth-order valence-electron chi connectivity index (χ4n) is 1.55. The second kappa shape index (κ2) is 10.4. The van der Waals surface area contributed by atoms with Crippen LogP contribution in [0, 0.1) is 0 Å². The summed E-state index contributed by atoms with van der Waals surface area (Å²) < 4.78 is 4.79. The van der Waals surface area contributed by atoms with Gasteiger partial charge in [-0.15, -0.1) is 0 Å². The summed E-state index contributed by atoms with van der Waals surface area (Å²) in [4.78, 5) is 22.7. The van der Waals surface area contributed by atoms with Crippen molar-refractivity contribution in [3.8, 4) is 0 Å². The molecule has 4 nitrogen and oxygen atoms in total. The van der Waals surface area contributed by atoms with Gasteiger partial charge in [0.1, 0.15) is 11.6 Å². The summed E-state index contributed by atoms with van der Waals surface area (Å²) in [5.74, 6) is 0.125. The van der Waals surface area contributed by atoms with Gasteiger partial charge in [0.25, 0.3) is 0 Å². The van der Waals surface area contributed by atoms with Crippen molar-refractivity contribution in [2.24, 2.45) is 0 Å². The minimum Gasteiger partial charge on any atom is -0.393 e. The van der Waals surface area contributed by atoms with E-state index < -0.39 is 0 Å². The van der Waals surface area contributed by atoms with Crippen LogP contribution in [0.2, 0.25) is 0 Å². The van der Waals surface area contributed by atoms with E-state index in [-0.39, 0.29) is 17.7 Å². The van der Waals surface area contributed by atoms with Crippen LogP contribution in [0.3, 0.4) is 0 Å². The molecule has 0 radical (unpaired) electrons. The first-order valence-corrected chi connectivity index (χ1v) is 6.30. The Morgan fingerprint density at radius 3 is 2.18 bits per heavy atom. The second-order valence-corrected chi connectivity index (χ2v) is 4.30. The smallest absolute Gasteiger partial charge is 0.135 e. The third-order valence-corrected chi connectivity index (χ3v) is 2.65. The molecule has 4 heteroatoms. The van der Waals surface area contributed by atoms with Crippen LogP contribution in [0.1, 0.15) is 51.9 Å². The van der Waals surface area contributed by atoms with E-state index >= 15 is 0 Å². The monoisotopic (exact) mass is 244 g/mol. The van der Waals surface area contributed by atoms with Gasteiger partial charge < -0.3 is 9.84 Å². The van der Waals surface area contributed by atoms with Crippen LogP contribution in [0.15, 0.2) is 0 Å². The summed E-state index contributed by atoms with van der Waals surface area (Å²) in [6, 6.07) is 0. The zero-order chi connectivity index (χ0) is 13.1. The summed E-state index contributed by atoms with van der Waals surface area (Å²) in [5, 5.41) is 9.46. The first-order valence-electron chi connectivity index (χ1n) is 6.30. The standard InChI is InChI=1S/C13H24O4/c1-3-4-11(14)5-6-12(15)7-8-13(16)9-10-17-2/h11,14H,3-10H2,1-2H3. The van der Waals surface area contributed by atoms with Gasteiger partial charge >= 0.3 is 0 Å². The SMILES string of the molecule is CCCC(O)CCC(=O)CCC(=O)CCOC. The maximum Gasteiger partial charge on any atom is 0.135 e. The van der Waals surface area contributed by atoms with Gasteiger partial charge in [0, 0.05) is 32.8 Å². The summed E-state index contributed by atoms with van der Waals surface area (Å²) in [6.07, 6.45) is 3.13. The molecule has 1 unspecified atom stereocenters.